The minimum Gasteiger partial charge on any atom is -0.493 e. The van der Waals surface area contributed by atoms with Crippen LogP contribution < -0.4 is 9.47 Å². The van der Waals surface area contributed by atoms with Crippen molar-refractivity contribution >= 4 is 11.6 Å². The maximum absolute atomic E-state index is 13.9. The van der Waals surface area contributed by atoms with Crippen LogP contribution >= 0.6 is 0 Å². The van der Waals surface area contributed by atoms with Crippen LogP contribution in [0.2, 0.25) is 0 Å². The molecular weight excluding hydrogens is 365 g/mol. The van der Waals surface area contributed by atoms with Gasteiger partial charge in [-0.3, -0.25) is 4.79 Å². The summed E-state index contributed by atoms with van der Waals surface area (Å²) in [6.45, 7) is 1.83. The third-order valence-electron chi connectivity index (χ3n) is 5.21. The number of halogens is 3. The monoisotopic (exact) mass is 386 g/mol. The molecule has 0 unspecified atom stereocenters. The van der Waals surface area contributed by atoms with Crippen LogP contribution in [0.4, 0.5) is 13.2 Å². The fourth-order valence-corrected chi connectivity index (χ4v) is 3.70. The molecule has 1 saturated carbocycles. The van der Waals surface area contributed by atoms with Crippen molar-refractivity contribution in [3.8, 4) is 11.5 Å². The first-order valence-electron chi connectivity index (χ1n) is 8.56. The van der Waals surface area contributed by atoms with E-state index < -0.39 is 23.7 Å². The normalized spacial score (nSPS) is 27.8. The quantitative estimate of drug-likeness (QED) is 0.866. The predicted molar refractivity (Wildman–Crippen MR) is 90.7 cm³/mol. The number of nitrogens with zero attached hydrogens (tertiary/aromatic N) is 2. The second-order valence-corrected chi connectivity index (χ2v) is 6.93. The van der Waals surface area contributed by atoms with E-state index in [0.29, 0.717) is 18.6 Å². The lowest BCUT2D eigenvalue weighted by Crippen LogP contribution is -2.61. The van der Waals surface area contributed by atoms with E-state index in [0.717, 1.165) is 0 Å². The first-order chi connectivity index (χ1) is 12.6. The fraction of sp³-hybridized carbons (Fsp3) is 0.556. The number of hydrogen-bond donors (Lipinski definition) is 1. The highest BCUT2D eigenvalue weighted by Crippen LogP contribution is 2.49. The Balaban J connectivity index is 2.03. The highest BCUT2D eigenvalue weighted by Gasteiger charge is 2.68. The molecule has 1 heterocycles. The number of methoxy groups -OCH3 is 2. The lowest BCUT2D eigenvalue weighted by Gasteiger charge is -2.39. The minimum absolute atomic E-state index is 0.000965. The summed E-state index contributed by atoms with van der Waals surface area (Å²) >= 11 is 0. The Morgan fingerprint density at radius 2 is 1.96 bits per heavy atom. The van der Waals surface area contributed by atoms with Crippen molar-refractivity contribution in [1.82, 2.24) is 5.01 Å². The standard InChI is InChI=1S/C18H21F3N2O4/c1-10-4-6-13-12(8-10)17(25,18(19,20)21)23(22-13)16(24)11-5-7-14(26-2)15(9-11)27-3/h5,7,9-10,12,25H,4,6,8H2,1-3H3/t10-,12+,17-/m0/s1. The zero-order valence-corrected chi connectivity index (χ0v) is 15.2. The van der Waals surface area contributed by atoms with Crippen molar-refractivity contribution < 1.29 is 32.5 Å². The molecule has 1 N–H and O–H groups in total. The van der Waals surface area contributed by atoms with Gasteiger partial charge in [0.05, 0.1) is 20.1 Å². The van der Waals surface area contributed by atoms with E-state index in [1.54, 1.807) is 0 Å². The minimum atomic E-state index is -5.05. The number of ether oxygens (including phenoxy) is 2. The Morgan fingerprint density at radius 1 is 1.30 bits per heavy atom. The summed E-state index contributed by atoms with van der Waals surface area (Å²) in [5.41, 5.74) is -3.24. The summed E-state index contributed by atoms with van der Waals surface area (Å²) in [4.78, 5) is 12.9. The third kappa shape index (κ3) is 3.03. The van der Waals surface area contributed by atoms with E-state index in [9.17, 15) is 23.1 Å². The van der Waals surface area contributed by atoms with E-state index in [2.05, 4.69) is 5.10 Å². The Hall–Kier alpha value is -2.29. The van der Waals surface area contributed by atoms with Crippen molar-refractivity contribution in [2.24, 2.45) is 16.9 Å². The van der Waals surface area contributed by atoms with Crippen LogP contribution in [0.5, 0.6) is 11.5 Å². The molecule has 1 fully saturated rings. The van der Waals surface area contributed by atoms with Crippen LogP contribution in [0.1, 0.15) is 36.5 Å². The lowest BCUT2D eigenvalue weighted by atomic mass is 9.76. The molecule has 0 radical (unpaired) electrons. The highest BCUT2D eigenvalue weighted by atomic mass is 19.4. The molecule has 3 atom stereocenters. The van der Waals surface area contributed by atoms with Gasteiger partial charge in [0, 0.05) is 11.3 Å². The molecule has 148 valence electrons. The molecule has 0 bridgehead atoms. The molecular formula is C18H21F3N2O4. The Bertz CT molecular complexity index is 780. The summed E-state index contributed by atoms with van der Waals surface area (Å²) in [5, 5.41) is 14.8. The molecule has 1 amide bonds. The molecule has 1 aromatic rings. The SMILES string of the molecule is COc1ccc(C(=O)N2N=C3CC[C@H](C)C[C@H]3[C@]2(O)C(F)(F)F)cc1OC. The maximum Gasteiger partial charge on any atom is 0.439 e. The van der Waals surface area contributed by atoms with Gasteiger partial charge in [-0.2, -0.15) is 23.3 Å². The molecule has 0 aromatic heterocycles. The van der Waals surface area contributed by atoms with Crippen LogP contribution in [0.15, 0.2) is 23.3 Å². The number of aliphatic hydroxyl groups is 1. The topological polar surface area (TPSA) is 71.4 Å². The summed E-state index contributed by atoms with van der Waals surface area (Å²) in [7, 11) is 2.75. The molecule has 0 spiro atoms. The van der Waals surface area contributed by atoms with Gasteiger partial charge < -0.3 is 14.6 Å². The summed E-state index contributed by atoms with van der Waals surface area (Å²) in [6, 6.07) is 3.99. The van der Waals surface area contributed by atoms with Gasteiger partial charge in [0.15, 0.2) is 11.5 Å². The molecule has 2 aliphatic rings. The first-order valence-corrected chi connectivity index (χ1v) is 8.56. The number of rotatable bonds is 3. The molecule has 3 rings (SSSR count). The van der Waals surface area contributed by atoms with Crippen molar-refractivity contribution in [3.05, 3.63) is 23.8 Å². The van der Waals surface area contributed by atoms with Crippen molar-refractivity contribution in [3.63, 3.8) is 0 Å². The van der Waals surface area contributed by atoms with Crippen molar-refractivity contribution in [2.75, 3.05) is 14.2 Å². The molecule has 9 heteroatoms. The first kappa shape index (κ1) is 19.5. The van der Waals surface area contributed by atoms with E-state index in [-0.39, 0.29) is 34.4 Å². The number of fused-ring (bicyclic) bond motifs is 1. The van der Waals surface area contributed by atoms with E-state index >= 15 is 0 Å². The number of hydrogen-bond acceptors (Lipinski definition) is 5. The second kappa shape index (κ2) is 6.70. The van der Waals surface area contributed by atoms with E-state index in [1.165, 1.54) is 32.4 Å². The van der Waals surface area contributed by atoms with Gasteiger partial charge in [-0.25, -0.2) is 0 Å². The molecule has 6 nitrogen and oxygen atoms in total. The zero-order chi connectivity index (χ0) is 20.0. The molecule has 27 heavy (non-hydrogen) atoms. The van der Waals surface area contributed by atoms with E-state index in [4.69, 9.17) is 9.47 Å². The predicted octanol–water partition coefficient (Wildman–Crippen LogP) is 3.20. The van der Waals surface area contributed by atoms with Crippen LogP contribution in [0.3, 0.4) is 0 Å². The van der Waals surface area contributed by atoms with Crippen LogP contribution in [-0.2, 0) is 0 Å². The summed E-state index contributed by atoms with van der Waals surface area (Å²) < 4.78 is 51.8. The van der Waals surface area contributed by atoms with Gasteiger partial charge in [-0.1, -0.05) is 6.92 Å². The van der Waals surface area contributed by atoms with Gasteiger partial charge in [0.1, 0.15) is 0 Å². The summed E-state index contributed by atoms with van der Waals surface area (Å²) in [5.74, 6) is -1.79. The van der Waals surface area contributed by atoms with Crippen LogP contribution in [-0.4, -0.2) is 47.9 Å². The number of amides is 1. The number of benzene rings is 1. The van der Waals surface area contributed by atoms with Crippen molar-refractivity contribution in [2.45, 2.75) is 38.1 Å². The molecule has 0 saturated heterocycles. The Kier molecular flexibility index (Phi) is 4.83. The lowest BCUT2D eigenvalue weighted by molar-refractivity contribution is -0.313. The largest absolute Gasteiger partial charge is 0.493 e. The fourth-order valence-electron chi connectivity index (χ4n) is 3.70. The Morgan fingerprint density at radius 3 is 2.56 bits per heavy atom. The van der Waals surface area contributed by atoms with Gasteiger partial charge in [0.25, 0.3) is 11.6 Å². The number of hydrazone groups is 1. The second-order valence-electron chi connectivity index (χ2n) is 6.93. The Labute approximate surface area is 154 Å². The van der Waals surface area contributed by atoms with Crippen molar-refractivity contribution in [1.29, 1.82) is 0 Å². The summed E-state index contributed by atoms with van der Waals surface area (Å²) in [6.07, 6.45) is -3.95. The van der Waals surface area contributed by atoms with Crippen LogP contribution in [0, 0.1) is 11.8 Å². The third-order valence-corrected chi connectivity index (χ3v) is 5.21. The highest BCUT2D eigenvalue weighted by molar-refractivity contribution is 5.99. The number of carbonyl (C=O) groups excluding carboxylic acids is 1. The average molecular weight is 386 g/mol. The number of carbonyl (C=O) groups is 1. The zero-order valence-electron chi connectivity index (χ0n) is 15.2. The molecule has 1 aromatic carbocycles. The maximum atomic E-state index is 13.9. The van der Waals surface area contributed by atoms with Crippen LogP contribution in [0.25, 0.3) is 0 Å². The van der Waals surface area contributed by atoms with Gasteiger partial charge >= 0.3 is 6.18 Å². The van der Waals surface area contributed by atoms with Gasteiger partial charge in [-0.15, -0.1) is 0 Å². The number of alkyl halides is 3. The van der Waals surface area contributed by atoms with Gasteiger partial charge in [-0.05, 0) is 43.4 Å². The average Bonchev–Trinajstić information content (AvgIpc) is 2.94. The molecule has 1 aliphatic heterocycles. The molecule has 1 aliphatic carbocycles. The smallest absolute Gasteiger partial charge is 0.439 e. The van der Waals surface area contributed by atoms with Gasteiger partial charge in [0.2, 0.25) is 0 Å². The van der Waals surface area contributed by atoms with E-state index in [1.807, 2.05) is 6.92 Å².